The van der Waals surface area contributed by atoms with Gasteiger partial charge in [-0.05, 0) is 43.6 Å². The topological polar surface area (TPSA) is 96.5 Å². The number of sulfone groups is 1. The molecule has 0 aromatic carbocycles. The highest BCUT2D eigenvalue weighted by molar-refractivity contribution is 7.92. The molecule has 0 saturated heterocycles. The highest BCUT2D eigenvalue weighted by Gasteiger charge is 2.41. The lowest BCUT2D eigenvalue weighted by molar-refractivity contribution is 0.283. The Morgan fingerprint density at radius 1 is 1.40 bits per heavy atom. The van der Waals surface area contributed by atoms with Crippen molar-refractivity contribution in [3.63, 3.8) is 0 Å². The lowest BCUT2D eigenvalue weighted by atomic mass is 10.2. The molecular weight excluding hydrogens is 298 g/mol. The van der Waals surface area contributed by atoms with Gasteiger partial charge in [0.2, 0.25) is 0 Å². The molecule has 1 heterocycles. The van der Waals surface area contributed by atoms with E-state index in [1.807, 2.05) is 11.9 Å². The number of aromatic nitrogens is 1. The summed E-state index contributed by atoms with van der Waals surface area (Å²) in [6.07, 6.45) is 4.03. The monoisotopic (exact) mass is 319 g/mol. The van der Waals surface area contributed by atoms with Crippen molar-refractivity contribution in [1.82, 2.24) is 4.37 Å². The third-order valence-corrected chi connectivity index (χ3v) is 6.83. The van der Waals surface area contributed by atoms with E-state index >= 15 is 0 Å². The molecule has 0 aliphatic heterocycles. The predicted octanol–water partition coefficient (Wildman–Crippen LogP) is 1.26. The van der Waals surface area contributed by atoms with Crippen LogP contribution in [0.2, 0.25) is 0 Å². The van der Waals surface area contributed by atoms with Gasteiger partial charge < -0.3 is 15.7 Å². The molecule has 0 amide bonds. The lowest BCUT2D eigenvalue weighted by Gasteiger charge is -2.18. The van der Waals surface area contributed by atoms with E-state index in [9.17, 15) is 8.42 Å². The van der Waals surface area contributed by atoms with Crippen molar-refractivity contribution in [3.05, 3.63) is 0 Å². The molecule has 1 saturated carbocycles. The van der Waals surface area contributed by atoms with E-state index in [1.165, 1.54) is 0 Å². The van der Waals surface area contributed by atoms with Crippen molar-refractivity contribution >= 4 is 32.2 Å². The average molecular weight is 319 g/mol. The van der Waals surface area contributed by atoms with E-state index < -0.39 is 9.84 Å². The van der Waals surface area contributed by atoms with E-state index in [0.717, 1.165) is 50.2 Å². The van der Waals surface area contributed by atoms with Crippen molar-refractivity contribution in [2.75, 3.05) is 30.8 Å². The van der Waals surface area contributed by atoms with Crippen LogP contribution < -0.4 is 10.6 Å². The number of aliphatic hydroxyl groups is 1. The van der Waals surface area contributed by atoms with E-state index in [0.29, 0.717) is 5.00 Å². The van der Waals surface area contributed by atoms with Crippen molar-refractivity contribution < 1.29 is 13.5 Å². The van der Waals surface area contributed by atoms with Crippen LogP contribution in [0, 0.1) is 0 Å². The number of hydrogen-bond donors (Lipinski definition) is 2. The number of anilines is 2. The molecule has 1 aromatic heterocycles. The zero-order valence-electron chi connectivity index (χ0n) is 11.6. The molecule has 2 rings (SSSR count). The summed E-state index contributed by atoms with van der Waals surface area (Å²) in [6, 6.07) is 0. The normalized spacial score (nSPS) is 15.5. The maximum absolute atomic E-state index is 12.4. The Balaban J connectivity index is 2.12. The lowest BCUT2D eigenvalue weighted by Crippen LogP contribution is -2.21. The first-order chi connectivity index (χ1) is 9.48. The largest absolute Gasteiger partial charge is 0.396 e. The second-order valence-corrected chi connectivity index (χ2v) is 8.07. The Morgan fingerprint density at radius 2 is 2.10 bits per heavy atom. The number of hydrogen-bond acceptors (Lipinski definition) is 7. The SMILES string of the molecule is CN(CCCCCO)c1snc(N)c1S(=O)(=O)C1CC1. The van der Waals surface area contributed by atoms with E-state index in [-0.39, 0.29) is 22.6 Å². The van der Waals surface area contributed by atoms with Gasteiger partial charge >= 0.3 is 0 Å². The molecule has 0 radical (unpaired) electrons. The smallest absolute Gasteiger partial charge is 0.187 e. The second-order valence-electron chi connectivity index (χ2n) is 5.15. The standard InChI is InChI=1S/C12H21N3O3S2/c1-15(7-3-2-4-8-16)12-10(11(13)14-19-12)20(17,18)9-5-6-9/h9,16H,2-8H2,1H3,(H2,13,14). The van der Waals surface area contributed by atoms with Gasteiger partial charge in [0.25, 0.3) is 0 Å². The van der Waals surface area contributed by atoms with Crippen LogP contribution in [0.5, 0.6) is 0 Å². The summed E-state index contributed by atoms with van der Waals surface area (Å²) in [4.78, 5) is 2.12. The summed E-state index contributed by atoms with van der Waals surface area (Å²) < 4.78 is 28.8. The third kappa shape index (κ3) is 3.24. The fraction of sp³-hybridized carbons (Fsp3) is 0.750. The minimum atomic E-state index is -3.32. The molecular formula is C12H21N3O3S2. The molecule has 1 aliphatic rings. The molecule has 0 unspecified atom stereocenters. The second kappa shape index (κ2) is 6.28. The van der Waals surface area contributed by atoms with Gasteiger partial charge in [0.05, 0.1) is 5.25 Å². The molecule has 0 spiro atoms. The van der Waals surface area contributed by atoms with Gasteiger partial charge in [-0.15, -0.1) is 0 Å². The van der Waals surface area contributed by atoms with Crippen LogP contribution in [0.15, 0.2) is 4.90 Å². The summed E-state index contributed by atoms with van der Waals surface area (Å²) in [5.41, 5.74) is 5.77. The van der Waals surface area contributed by atoms with E-state index in [1.54, 1.807) is 0 Å². The van der Waals surface area contributed by atoms with Crippen LogP contribution in [0.25, 0.3) is 0 Å². The van der Waals surface area contributed by atoms with Crippen LogP contribution in [-0.2, 0) is 9.84 Å². The highest BCUT2D eigenvalue weighted by Crippen LogP contribution is 2.42. The molecule has 8 heteroatoms. The minimum Gasteiger partial charge on any atom is -0.396 e. The van der Waals surface area contributed by atoms with Crippen molar-refractivity contribution in [1.29, 1.82) is 0 Å². The minimum absolute atomic E-state index is 0.124. The molecule has 6 nitrogen and oxygen atoms in total. The Bertz CT molecular complexity index is 552. The number of nitrogen functional groups attached to an aromatic ring is 1. The van der Waals surface area contributed by atoms with Crippen molar-refractivity contribution in [2.45, 2.75) is 42.2 Å². The van der Waals surface area contributed by atoms with Gasteiger partial charge in [0.1, 0.15) is 9.90 Å². The Morgan fingerprint density at radius 3 is 2.70 bits per heavy atom. The van der Waals surface area contributed by atoms with Gasteiger partial charge in [-0.1, -0.05) is 0 Å². The van der Waals surface area contributed by atoms with Crippen LogP contribution in [0.3, 0.4) is 0 Å². The van der Waals surface area contributed by atoms with Crippen LogP contribution in [0.1, 0.15) is 32.1 Å². The highest BCUT2D eigenvalue weighted by atomic mass is 32.2. The first-order valence-corrected chi connectivity index (χ1v) is 9.11. The first-order valence-electron chi connectivity index (χ1n) is 6.79. The maximum atomic E-state index is 12.4. The summed E-state index contributed by atoms with van der Waals surface area (Å²) in [6.45, 7) is 0.924. The van der Waals surface area contributed by atoms with Crippen LogP contribution >= 0.6 is 11.5 Å². The number of nitrogens with two attached hydrogens (primary N) is 1. The number of nitrogens with zero attached hydrogens (tertiary/aromatic N) is 2. The van der Waals surface area contributed by atoms with Gasteiger partial charge in [-0.3, -0.25) is 0 Å². The van der Waals surface area contributed by atoms with Crippen LogP contribution in [0.4, 0.5) is 10.8 Å². The van der Waals surface area contributed by atoms with Crippen LogP contribution in [-0.4, -0.2) is 43.3 Å². The quantitative estimate of drug-likeness (QED) is 0.700. The summed E-state index contributed by atoms with van der Waals surface area (Å²) >= 11 is 1.14. The number of unbranched alkanes of at least 4 members (excludes halogenated alkanes) is 2. The zero-order valence-corrected chi connectivity index (χ0v) is 13.2. The molecule has 1 aliphatic carbocycles. The molecule has 20 heavy (non-hydrogen) atoms. The summed E-state index contributed by atoms with van der Waals surface area (Å²) in [5, 5.41) is 9.12. The van der Waals surface area contributed by atoms with E-state index in [2.05, 4.69) is 4.37 Å². The Labute approximate surface area is 123 Å². The molecule has 0 atom stereocenters. The van der Waals surface area contributed by atoms with Crippen molar-refractivity contribution in [2.24, 2.45) is 0 Å². The Kier molecular flexibility index (Phi) is 4.87. The maximum Gasteiger partial charge on any atom is 0.187 e. The van der Waals surface area contributed by atoms with Gasteiger partial charge in [0.15, 0.2) is 15.7 Å². The third-order valence-electron chi connectivity index (χ3n) is 3.40. The molecule has 114 valence electrons. The molecule has 1 aromatic rings. The average Bonchev–Trinajstić information content (AvgIpc) is 3.18. The van der Waals surface area contributed by atoms with Crippen molar-refractivity contribution in [3.8, 4) is 0 Å². The number of rotatable bonds is 8. The first kappa shape index (κ1) is 15.5. The van der Waals surface area contributed by atoms with Gasteiger partial charge in [-0.25, -0.2) is 8.42 Å². The Hall–Kier alpha value is -0.860. The molecule has 3 N–H and O–H groups in total. The van der Waals surface area contributed by atoms with Gasteiger partial charge in [-0.2, -0.15) is 4.37 Å². The number of aliphatic hydroxyl groups excluding tert-OH is 1. The molecule has 1 fully saturated rings. The van der Waals surface area contributed by atoms with E-state index in [4.69, 9.17) is 10.8 Å². The van der Waals surface area contributed by atoms with Gasteiger partial charge in [0, 0.05) is 20.2 Å². The molecule has 0 bridgehead atoms. The zero-order chi connectivity index (χ0) is 14.8. The fourth-order valence-electron chi connectivity index (χ4n) is 2.08. The summed E-state index contributed by atoms with van der Waals surface area (Å²) in [5.74, 6) is 0.124. The predicted molar refractivity (Wildman–Crippen MR) is 80.9 cm³/mol. The fourth-order valence-corrected chi connectivity index (χ4v) is 5.12. The summed E-state index contributed by atoms with van der Waals surface area (Å²) in [7, 11) is -1.46.